The summed E-state index contributed by atoms with van der Waals surface area (Å²) >= 11 is 0. The fourth-order valence-electron chi connectivity index (χ4n) is 2.71. The number of aliphatic hydroxyl groups is 1. The van der Waals surface area contributed by atoms with Crippen LogP contribution in [0.25, 0.3) is 0 Å². The first-order chi connectivity index (χ1) is 12.2. The molecule has 1 unspecified atom stereocenters. The van der Waals surface area contributed by atoms with Gasteiger partial charge in [-0.2, -0.15) is 0 Å². The number of aryl methyl sites for hydroxylation is 1. The van der Waals surface area contributed by atoms with Crippen LogP contribution in [0.2, 0.25) is 0 Å². The Hall–Kier alpha value is -1.55. The number of hydrogen-bond acceptors (Lipinski definition) is 4. The van der Waals surface area contributed by atoms with Crippen molar-refractivity contribution in [2.45, 2.75) is 39.4 Å². The summed E-state index contributed by atoms with van der Waals surface area (Å²) in [6, 6.07) is 7.72. The smallest absolute Gasteiger partial charge is 0.410 e. The molecule has 0 radical (unpaired) electrons. The number of ether oxygens (including phenoxy) is 1. The molecule has 3 N–H and O–H groups in total. The zero-order chi connectivity index (χ0) is 19.3. The van der Waals surface area contributed by atoms with Gasteiger partial charge in [-0.25, -0.2) is 4.79 Å². The minimum Gasteiger partial charge on any atom is -0.444 e. The van der Waals surface area contributed by atoms with E-state index in [1.165, 1.54) is 0 Å². The molecule has 1 aromatic carbocycles. The SMILES string of the molecule is Cc1cccc(C(O)CN=C(N)N2CCN(C(=O)OC(C)(C)C)CC2)c1.I. The van der Waals surface area contributed by atoms with Gasteiger partial charge in [-0.15, -0.1) is 24.0 Å². The third-order valence-corrected chi connectivity index (χ3v) is 4.11. The van der Waals surface area contributed by atoms with E-state index in [2.05, 4.69) is 4.99 Å². The molecule has 1 saturated heterocycles. The number of amides is 1. The van der Waals surface area contributed by atoms with E-state index in [1.54, 1.807) is 4.90 Å². The number of nitrogens with zero attached hydrogens (tertiary/aromatic N) is 3. The van der Waals surface area contributed by atoms with Gasteiger partial charge in [0.15, 0.2) is 5.96 Å². The van der Waals surface area contributed by atoms with Gasteiger partial charge in [-0.3, -0.25) is 4.99 Å². The molecule has 0 bridgehead atoms. The van der Waals surface area contributed by atoms with E-state index in [9.17, 15) is 9.90 Å². The van der Waals surface area contributed by atoms with Crippen molar-refractivity contribution in [2.75, 3.05) is 32.7 Å². The molecule has 1 fully saturated rings. The molecule has 0 saturated carbocycles. The van der Waals surface area contributed by atoms with Gasteiger partial charge in [0.05, 0.1) is 12.6 Å². The van der Waals surface area contributed by atoms with Crippen LogP contribution in [0.15, 0.2) is 29.3 Å². The highest BCUT2D eigenvalue weighted by atomic mass is 127. The van der Waals surface area contributed by atoms with Crippen LogP contribution in [0.5, 0.6) is 0 Å². The largest absolute Gasteiger partial charge is 0.444 e. The number of nitrogens with two attached hydrogens (primary N) is 1. The monoisotopic (exact) mass is 490 g/mol. The maximum atomic E-state index is 12.1. The van der Waals surface area contributed by atoms with Crippen LogP contribution in [0.4, 0.5) is 4.79 Å². The van der Waals surface area contributed by atoms with Crippen LogP contribution >= 0.6 is 24.0 Å². The molecule has 1 aliphatic heterocycles. The van der Waals surface area contributed by atoms with Crippen molar-refractivity contribution < 1.29 is 14.6 Å². The second kappa shape index (κ2) is 10.1. The number of guanidine groups is 1. The molecule has 2 rings (SSSR count). The van der Waals surface area contributed by atoms with Crippen molar-refractivity contribution in [3.05, 3.63) is 35.4 Å². The summed E-state index contributed by atoms with van der Waals surface area (Å²) in [4.78, 5) is 20.0. The molecule has 152 valence electrons. The van der Waals surface area contributed by atoms with Crippen molar-refractivity contribution in [1.82, 2.24) is 9.80 Å². The van der Waals surface area contributed by atoms with Crippen molar-refractivity contribution in [2.24, 2.45) is 10.7 Å². The van der Waals surface area contributed by atoms with Crippen LogP contribution in [0, 0.1) is 6.92 Å². The lowest BCUT2D eigenvalue weighted by Crippen LogP contribution is -2.53. The van der Waals surface area contributed by atoms with Gasteiger partial charge < -0.3 is 25.4 Å². The van der Waals surface area contributed by atoms with Crippen LogP contribution in [0.3, 0.4) is 0 Å². The van der Waals surface area contributed by atoms with E-state index in [-0.39, 0.29) is 36.6 Å². The predicted octanol–water partition coefficient (Wildman–Crippen LogP) is 2.51. The van der Waals surface area contributed by atoms with Gasteiger partial charge in [-0.1, -0.05) is 29.8 Å². The molecule has 8 heteroatoms. The quantitative estimate of drug-likeness (QED) is 0.386. The lowest BCUT2D eigenvalue weighted by Gasteiger charge is -2.36. The number of carbonyl (C=O) groups excluding carboxylic acids is 1. The number of aliphatic hydroxyl groups excluding tert-OH is 1. The zero-order valence-electron chi connectivity index (χ0n) is 16.5. The second-order valence-electron chi connectivity index (χ2n) is 7.58. The average molecular weight is 490 g/mol. The van der Waals surface area contributed by atoms with Crippen LogP contribution in [-0.2, 0) is 4.74 Å². The van der Waals surface area contributed by atoms with Gasteiger partial charge >= 0.3 is 6.09 Å². The normalized spacial score (nSPS) is 16.6. The Morgan fingerprint density at radius 3 is 2.41 bits per heavy atom. The topological polar surface area (TPSA) is 91.4 Å². The Morgan fingerprint density at radius 1 is 1.26 bits per heavy atom. The molecule has 7 nitrogen and oxygen atoms in total. The molecule has 1 aliphatic rings. The lowest BCUT2D eigenvalue weighted by atomic mass is 10.1. The maximum Gasteiger partial charge on any atom is 0.410 e. The van der Waals surface area contributed by atoms with E-state index in [1.807, 2.05) is 56.9 Å². The average Bonchev–Trinajstić information content (AvgIpc) is 2.58. The van der Waals surface area contributed by atoms with E-state index < -0.39 is 11.7 Å². The number of halogens is 1. The molecule has 0 aromatic heterocycles. The van der Waals surface area contributed by atoms with Crippen LogP contribution < -0.4 is 5.73 Å². The van der Waals surface area contributed by atoms with Gasteiger partial charge in [0, 0.05) is 26.2 Å². The second-order valence-corrected chi connectivity index (χ2v) is 7.58. The maximum absolute atomic E-state index is 12.1. The van der Waals surface area contributed by atoms with Crippen molar-refractivity contribution in [1.29, 1.82) is 0 Å². The van der Waals surface area contributed by atoms with Gasteiger partial charge in [0.1, 0.15) is 5.60 Å². The molecule has 0 aliphatic carbocycles. The van der Waals surface area contributed by atoms with Crippen LogP contribution in [0.1, 0.15) is 38.0 Å². The minimum absolute atomic E-state index is 0. The summed E-state index contributed by atoms with van der Waals surface area (Å²) < 4.78 is 5.38. The van der Waals surface area contributed by atoms with E-state index in [0.29, 0.717) is 32.1 Å². The summed E-state index contributed by atoms with van der Waals surface area (Å²) in [6.07, 6.45) is -0.987. The van der Waals surface area contributed by atoms with E-state index in [4.69, 9.17) is 10.5 Å². The highest BCUT2D eigenvalue weighted by Gasteiger charge is 2.26. The molecule has 1 atom stereocenters. The van der Waals surface area contributed by atoms with Crippen LogP contribution in [-0.4, -0.2) is 65.3 Å². The Kier molecular flexibility index (Phi) is 8.80. The summed E-state index contributed by atoms with van der Waals surface area (Å²) in [5, 5.41) is 10.3. The Morgan fingerprint density at radius 2 is 1.85 bits per heavy atom. The molecule has 1 aromatic rings. The molecule has 1 amide bonds. The number of benzene rings is 1. The fraction of sp³-hybridized carbons (Fsp3) is 0.579. The predicted molar refractivity (Wildman–Crippen MR) is 117 cm³/mol. The summed E-state index contributed by atoms with van der Waals surface area (Å²) in [5.74, 6) is 0.389. The first kappa shape index (κ1) is 23.5. The lowest BCUT2D eigenvalue weighted by molar-refractivity contribution is 0.0186. The third kappa shape index (κ3) is 7.53. The standard InChI is InChI=1S/C19H30N4O3.HI/c1-14-6-5-7-15(12-14)16(24)13-21-17(20)22-8-10-23(11-9-22)18(25)26-19(2,3)4;/h5-7,12,16,24H,8-11,13H2,1-4H3,(H2,20,21);1H. The van der Waals surface area contributed by atoms with Gasteiger partial charge in [0.2, 0.25) is 0 Å². The molecular weight excluding hydrogens is 459 g/mol. The number of piperazine rings is 1. The highest BCUT2D eigenvalue weighted by molar-refractivity contribution is 14.0. The van der Waals surface area contributed by atoms with E-state index >= 15 is 0 Å². The zero-order valence-corrected chi connectivity index (χ0v) is 18.8. The first-order valence-electron chi connectivity index (χ1n) is 8.93. The first-order valence-corrected chi connectivity index (χ1v) is 8.93. The molecule has 1 heterocycles. The molecular formula is C19H31IN4O3. The number of carbonyl (C=O) groups is 1. The fourth-order valence-corrected chi connectivity index (χ4v) is 2.71. The highest BCUT2D eigenvalue weighted by Crippen LogP contribution is 2.15. The van der Waals surface area contributed by atoms with Gasteiger partial charge in [0.25, 0.3) is 0 Å². The van der Waals surface area contributed by atoms with Gasteiger partial charge in [-0.05, 0) is 33.3 Å². The Labute approximate surface area is 178 Å². The van der Waals surface area contributed by atoms with Crippen molar-refractivity contribution >= 4 is 36.0 Å². The van der Waals surface area contributed by atoms with Crippen molar-refractivity contribution in [3.63, 3.8) is 0 Å². The summed E-state index contributed by atoms with van der Waals surface area (Å²) in [6.45, 7) is 10.0. The summed E-state index contributed by atoms with van der Waals surface area (Å²) in [5.41, 5.74) is 7.48. The molecule has 27 heavy (non-hydrogen) atoms. The number of aliphatic imine (C=N–C) groups is 1. The summed E-state index contributed by atoms with van der Waals surface area (Å²) in [7, 11) is 0. The number of rotatable bonds is 3. The number of hydrogen-bond donors (Lipinski definition) is 2. The Balaban J connectivity index is 0.00000364. The van der Waals surface area contributed by atoms with Crippen molar-refractivity contribution in [3.8, 4) is 0 Å². The minimum atomic E-state index is -0.684. The Bertz CT molecular complexity index is 653. The van der Waals surface area contributed by atoms with E-state index in [0.717, 1.165) is 11.1 Å². The molecule has 0 spiro atoms. The third-order valence-electron chi connectivity index (χ3n) is 4.11.